The van der Waals surface area contributed by atoms with E-state index >= 15 is 0 Å². The molecule has 0 aliphatic heterocycles. The highest BCUT2D eigenvalue weighted by Gasteiger charge is 2.24. The van der Waals surface area contributed by atoms with Crippen molar-refractivity contribution in [3.8, 4) is 17.3 Å². The van der Waals surface area contributed by atoms with Crippen molar-refractivity contribution >= 4 is 0 Å². The van der Waals surface area contributed by atoms with Crippen LogP contribution in [0.1, 0.15) is 25.1 Å². The van der Waals surface area contributed by atoms with Gasteiger partial charge in [0.05, 0.1) is 29.7 Å². The van der Waals surface area contributed by atoms with E-state index in [0.717, 1.165) is 5.56 Å². The lowest BCUT2D eigenvalue weighted by molar-refractivity contribution is 0.0588. The van der Waals surface area contributed by atoms with Gasteiger partial charge in [-0.1, -0.05) is 26.0 Å². The molecule has 0 aliphatic rings. The van der Waals surface area contributed by atoms with Crippen molar-refractivity contribution in [2.45, 2.75) is 33.4 Å². The highest BCUT2D eigenvalue weighted by Crippen LogP contribution is 2.33. The third-order valence-corrected chi connectivity index (χ3v) is 5.46. The lowest BCUT2D eigenvalue weighted by Gasteiger charge is -2.26. The molecule has 0 radical (unpaired) electrons. The van der Waals surface area contributed by atoms with Crippen molar-refractivity contribution in [3.63, 3.8) is 0 Å². The first-order chi connectivity index (χ1) is 15.8. The van der Waals surface area contributed by atoms with Crippen LogP contribution in [0.4, 0.5) is 8.78 Å². The maximum absolute atomic E-state index is 14.4. The van der Waals surface area contributed by atoms with Gasteiger partial charge < -0.3 is 14.6 Å². The lowest BCUT2D eigenvalue weighted by atomic mass is 10.1. The lowest BCUT2D eigenvalue weighted by Crippen LogP contribution is -2.36. The number of aliphatic hydroxyl groups is 1. The third kappa shape index (κ3) is 6.37. The van der Waals surface area contributed by atoms with Crippen LogP contribution in [0.25, 0.3) is 5.69 Å². The molecule has 1 N–H and O–H groups in total. The summed E-state index contributed by atoms with van der Waals surface area (Å²) in [6.45, 7) is 7.68. The first kappa shape index (κ1) is 24.8. The summed E-state index contributed by atoms with van der Waals surface area (Å²) in [6.07, 6.45) is -0.523. The van der Waals surface area contributed by atoms with Gasteiger partial charge in [-0.15, -0.1) is 0 Å². The van der Waals surface area contributed by atoms with Crippen molar-refractivity contribution < 1.29 is 23.4 Å². The second kappa shape index (κ2) is 11.4. The monoisotopic (exact) mass is 459 g/mol. The predicted molar refractivity (Wildman–Crippen MR) is 123 cm³/mol. The molecule has 2 aromatic carbocycles. The molecular formula is C25H31F2N3O3. The van der Waals surface area contributed by atoms with Gasteiger partial charge in [0.2, 0.25) is 5.88 Å². The SMILES string of the molecule is COCCN(Cc1c(C)nn(-c2ccc(F)cc2)c1Oc1ccccc1F)C[C@@H](O)C(C)C. The molecular weight excluding hydrogens is 428 g/mol. The van der Waals surface area contributed by atoms with E-state index in [1.54, 1.807) is 42.1 Å². The Morgan fingerprint density at radius 1 is 1.09 bits per heavy atom. The summed E-state index contributed by atoms with van der Waals surface area (Å²) in [5, 5.41) is 15.1. The number of para-hydroxylation sites is 1. The summed E-state index contributed by atoms with van der Waals surface area (Å²) in [7, 11) is 1.63. The van der Waals surface area contributed by atoms with E-state index < -0.39 is 11.9 Å². The van der Waals surface area contributed by atoms with Crippen LogP contribution in [-0.4, -0.2) is 52.7 Å². The van der Waals surface area contributed by atoms with E-state index in [0.29, 0.717) is 43.5 Å². The Morgan fingerprint density at radius 2 is 1.79 bits per heavy atom. The summed E-state index contributed by atoms with van der Waals surface area (Å²) in [4.78, 5) is 2.06. The minimum atomic E-state index is -0.523. The van der Waals surface area contributed by atoms with Crippen molar-refractivity contribution in [1.29, 1.82) is 0 Å². The molecule has 0 spiro atoms. The first-order valence-corrected chi connectivity index (χ1v) is 11.0. The molecule has 0 amide bonds. The minimum Gasteiger partial charge on any atom is -0.435 e. The van der Waals surface area contributed by atoms with E-state index in [-0.39, 0.29) is 17.5 Å². The zero-order valence-electron chi connectivity index (χ0n) is 19.5. The number of halogens is 2. The molecule has 3 aromatic rings. The summed E-state index contributed by atoms with van der Waals surface area (Å²) in [6, 6.07) is 12.0. The quantitative estimate of drug-likeness (QED) is 0.450. The number of aromatic nitrogens is 2. The number of rotatable bonds is 11. The average Bonchev–Trinajstić information content (AvgIpc) is 3.09. The van der Waals surface area contributed by atoms with Gasteiger partial charge in [-0.2, -0.15) is 5.10 Å². The van der Waals surface area contributed by atoms with E-state index in [1.165, 1.54) is 18.2 Å². The van der Waals surface area contributed by atoms with Crippen molar-refractivity contribution in [2.75, 3.05) is 26.8 Å². The van der Waals surface area contributed by atoms with Crippen LogP contribution in [0.2, 0.25) is 0 Å². The maximum atomic E-state index is 14.4. The number of aliphatic hydroxyl groups excluding tert-OH is 1. The van der Waals surface area contributed by atoms with Gasteiger partial charge >= 0.3 is 0 Å². The molecule has 178 valence electrons. The van der Waals surface area contributed by atoms with Crippen LogP contribution >= 0.6 is 0 Å². The summed E-state index contributed by atoms with van der Waals surface area (Å²) in [5.74, 6) is -0.377. The maximum Gasteiger partial charge on any atom is 0.227 e. The Labute approximate surface area is 193 Å². The van der Waals surface area contributed by atoms with Crippen LogP contribution in [0.15, 0.2) is 48.5 Å². The molecule has 6 nitrogen and oxygen atoms in total. The predicted octanol–water partition coefficient (Wildman–Crippen LogP) is 4.72. The van der Waals surface area contributed by atoms with Crippen molar-refractivity contribution in [2.24, 2.45) is 5.92 Å². The van der Waals surface area contributed by atoms with Crippen LogP contribution in [-0.2, 0) is 11.3 Å². The molecule has 0 bridgehead atoms. The molecule has 0 saturated heterocycles. The van der Waals surface area contributed by atoms with E-state index in [4.69, 9.17) is 9.47 Å². The summed E-state index contributed by atoms with van der Waals surface area (Å²) in [5.41, 5.74) is 2.02. The van der Waals surface area contributed by atoms with Gasteiger partial charge in [0.15, 0.2) is 11.6 Å². The Bertz CT molecular complexity index is 1040. The van der Waals surface area contributed by atoms with E-state index in [9.17, 15) is 13.9 Å². The largest absolute Gasteiger partial charge is 0.435 e. The topological polar surface area (TPSA) is 59.8 Å². The summed E-state index contributed by atoms with van der Waals surface area (Å²) >= 11 is 0. The molecule has 0 fully saturated rings. The molecule has 1 aromatic heterocycles. The molecule has 1 heterocycles. The minimum absolute atomic E-state index is 0.0627. The van der Waals surface area contributed by atoms with Gasteiger partial charge in [0, 0.05) is 26.7 Å². The Hall–Kier alpha value is -2.81. The summed E-state index contributed by atoms with van der Waals surface area (Å²) < 4.78 is 40.8. The van der Waals surface area contributed by atoms with Crippen LogP contribution < -0.4 is 4.74 Å². The van der Waals surface area contributed by atoms with Crippen molar-refractivity contribution in [3.05, 3.63) is 71.4 Å². The van der Waals surface area contributed by atoms with Gasteiger partial charge in [0.1, 0.15) is 5.82 Å². The van der Waals surface area contributed by atoms with Crippen LogP contribution in [0.5, 0.6) is 11.6 Å². The zero-order valence-corrected chi connectivity index (χ0v) is 19.5. The molecule has 3 rings (SSSR count). The standard InChI is InChI=1S/C25H31F2N3O3/c1-17(2)23(31)16-29(13-14-32-4)15-21-18(3)28-30(20-11-9-19(26)10-12-20)25(21)33-24-8-6-5-7-22(24)27/h5-12,17,23,31H,13-16H2,1-4H3/t23-/m1/s1. The fraction of sp³-hybridized carbons (Fsp3) is 0.400. The van der Waals surface area contributed by atoms with E-state index in [2.05, 4.69) is 10.00 Å². The Balaban J connectivity index is 2.03. The fourth-order valence-corrected chi connectivity index (χ4v) is 3.37. The fourth-order valence-electron chi connectivity index (χ4n) is 3.37. The van der Waals surface area contributed by atoms with Crippen LogP contribution in [0, 0.1) is 24.5 Å². The number of methoxy groups -OCH3 is 1. The van der Waals surface area contributed by atoms with E-state index in [1.807, 2.05) is 20.8 Å². The number of benzene rings is 2. The van der Waals surface area contributed by atoms with Gasteiger partial charge in [-0.05, 0) is 49.2 Å². The molecule has 8 heteroatoms. The number of ether oxygens (including phenoxy) is 2. The normalized spacial score (nSPS) is 12.5. The van der Waals surface area contributed by atoms with Gasteiger partial charge in [-0.3, -0.25) is 4.90 Å². The zero-order chi connectivity index (χ0) is 24.0. The second-order valence-electron chi connectivity index (χ2n) is 8.33. The smallest absolute Gasteiger partial charge is 0.227 e. The number of hydrogen-bond donors (Lipinski definition) is 1. The molecule has 1 atom stereocenters. The first-order valence-electron chi connectivity index (χ1n) is 11.0. The number of aryl methyl sites for hydroxylation is 1. The molecule has 0 unspecified atom stereocenters. The molecule has 0 aliphatic carbocycles. The molecule has 0 saturated carbocycles. The highest BCUT2D eigenvalue weighted by molar-refractivity contribution is 5.43. The number of nitrogens with zero attached hydrogens (tertiary/aromatic N) is 3. The second-order valence-corrected chi connectivity index (χ2v) is 8.33. The Morgan fingerprint density at radius 3 is 2.42 bits per heavy atom. The van der Waals surface area contributed by atoms with Crippen LogP contribution in [0.3, 0.4) is 0 Å². The number of hydrogen-bond acceptors (Lipinski definition) is 5. The average molecular weight is 460 g/mol. The highest BCUT2D eigenvalue weighted by atomic mass is 19.1. The van der Waals surface area contributed by atoms with Crippen molar-refractivity contribution in [1.82, 2.24) is 14.7 Å². The Kier molecular flexibility index (Phi) is 8.55. The van der Waals surface area contributed by atoms with Gasteiger partial charge in [0.25, 0.3) is 0 Å². The third-order valence-electron chi connectivity index (χ3n) is 5.46. The van der Waals surface area contributed by atoms with Gasteiger partial charge in [-0.25, -0.2) is 13.5 Å². The molecule has 33 heavy (non-hydrogen) atoms.